The molecule has 0 radical (unpaired) electrons. The standard InChI is InChI=1S/C26H26ClN3O3/c1-17-9-10-19(15-24(17)29-26(32)22-7-4-8-23(27)18(22)2)25(31)28-20-5-3-6-21(16-20)30-11-13-33-14-12-30/h3-10,15-16H,11-14H2,1-2H3,(H,28,31)(H,29,32). The van der Waals surface area contributed by atoms with E-state index in [2.05, 4.69) is 15.5 Å². The molecule has 33 heavy (non-hydrogen) atoms. The van der Waals surface area contributed by atoms with Crippen molar-refractivity contribution in [3.05, 3.63) is 87.9 Å². The first kappa shape index (κ1) is 22.8. The van der Waals surface area contributed by atoms with E-state index in [-0.39, 0.29) is 11.8 Å². The quantitative estimate of drug-likeness (QED) is 0.538. The summed E-state index contributed by atoms with van der Waals surface area (Å²) in [5, 5.41) is 6.40. The summed E-state index contributed by atoms with van der Waals surface area (Å²) in [6, 6.07) is 18.2. The molecule has 7 heteroatoms. The fourth-order valence-corrected chi connectivity index (χ4v) is 3.92. The van der Waals surface area contributed by atoms with Crippen LogP contribution in [0, 0.1) is 13.8 Å². The molecular weight excluding hydrogens is 438 g/mol. The van der Waals surface area contributed by atoms with Crippen LogP contribution in [0.2, 0.25) is 5.02 Å². The van der Waals surface area contributed by atoms with Crippen molar-refractivity contribution in [2.24, 2.45) is 0 Å². The molecule has 3 aromatic rings. The minimum Gasteiger partial charge on any atom is -0.378 e. The van der Waals surface area contributed by atoms with E-state index in [0.29, 0.717) is 46.3 Å². The summed E-state index contributed by atoms with van der Waals surface area (Å²) in [5.74, 6) is -0.516. The lowest BCUT2D eigenvalue weighted by Crippen LogP contribution is -2.36. The molecule has 1 saturated heterocycles. The van der Waals surface area contributed by atoms with Gasteiger partial charge in [0.2, 0.25) is 0 Å². The third-order valence-corrected chi connectivity index (χ3v) is 6.15. The van der Waals surface area contributed by atoms with Gasteiger partial charge in [-0.3, -0.25) is 9.59 Å². The van der Waals surface area contributed by atoms with E-state index >= 15 is 0 Å². The molecular formula is C26H26ClN3O3. The zero-order chi connectivity index (χ0) is 23.4. The molecule has 2 amide bonds. The number of nitrogens with one attached hydrogen (secondary N) is 2. The largest absolute Gasteiger partial charge is 0.378 e. The van der Waals surface area contributed by atoms with Gasteiger partial charge in [-0.1, -0.05) is 29.8 Å². The Morgan fingerprint density at radius 3 is 2.45 bits per heavy atom. The highest BCUT2D eigenvalue weighted by atomic mass is 35.5. The zero-order valence-electron chi connectivity index (χ0n) is 18.7. The molecule has 170 valence electrons. The summed E-state index contributed by atoms with van der Waals surface area (Å²) in [6.45, 7) is 6.73. The molecule has 3 aromatic carbocycles. The number of morpholine rings is 1. The number of carbonyl (C=O) groups excluding carboxylic acids is 2. The van der Waals surface area contributed by atoms with Crippen molar-refractivity contribution in [1.29, 1.82) is 0 Å². The summed E-state index contributed by atoms with van der Waals surface area (Å²) in [6.07, 6.45) is 0. The van der Waals surface area contributed by atoms with Gasteiger partial charge < -0.3 is 20.3 Å². The van der Waals surface area contributed by atoms with Crippen LogP contribution in [0.1, 0.15) is 31.8 Å². The highest BCUT2D eigenvalue weighted by Gasteiger charge is 2.15. The minimum absolute atomic E-state index is 0.247. The van der Waals surface area contributed by atoms with Gasteiger partial charge in [0.15, 0.2) is 0 Å². The topological polar surface area (TPSA) is 70.7 Å². The number of hydrogen-bond donors (Lipinski definition) is 2. The van der Waals surface area contributed by atoms with Gasteiger partial charge in [-0.15, -0.1) is 0 Å². The van der Waals surface area contributed by atoms with Crippen LogP contribution >= 0.6 is 11.6 Å². The fraction of sp³-hybridized carbons (Fsp3) is 0.231. The molecule has 0 unspecified atom stereocenters. The summed E-state index contributed by atoms with van der Waals surface area (Å²) >= 11 is 6.15. The van der Waals surface area contributed by atoms with Gasteiger partial charge in [-0.25, -0.2) is 0 Å². The van der Waals surface area contributed by atoms with Gasteiger partial charge in [0.1, 0.15) is 0 Å². The third kappa shape index (κ3) is 5.35. The monoisotopic (exact) mass is 463 g/mol. The molecule has 0 saturated carbocycles. The molecule has 0 atom stereocenters. The van der Waals surface area contributed by atoms with Crippen LogP contribution in [0.25, 0.3) is 0 Å². The number of nitrogens with zero attached hydrogens (tertiary/aromatic N) is 1. The van der Waals surface area contributed by atoms with Crippen LogP contribution in [-0.4, -0.2) is 38.1 Å². The van der Waals surface area contributed by atoms with E-state index in [4.69, 9.17) is 16.3 Å². The number of aryl methyl sites for hydroxylation is 1. The van der Waals surface area contributed by atoms with Crippen LogP contribution in [0.4, 0.5) is 17.1 Å². The summed E-state index contributed by atoms with van der Waals surface area (Å²) < 4.78 is 5.41. The lowest BCUT2D eigenvalue weighted by molar-refractivity contribution is 0.101. The normalized spacial score (nSPS) is 13.5. The Morgan fingerprint density at radius 1 is 0.909 bits per heavy atom. The minimum atomic E-state index is -0.270. The first-order valence-corrected chi connectivity index (χ1v) is 11.2. The molecule has 0 aliphatic carbocycles. The maximum Gasteiger partial charge on any atom is 0.255 e. The van der Waals surface area contributed by atoms with Crippen LogP contribution in [0.15, 0.2) is 60.7 Å². The maximum absolute atomic E-state index is 12.9. The molecule has 6 nitrogen and oxygen atoms in total. The van der Waals surface area contributed by atoms with Crippen LogP contribution in [0.5, 0.6) is 0 Å². The predicted molar refractivity (Wildman–Crippen MR) is 133 cm³/mol. The van der Waals surface area contributed by atoms with Crippen LogP contribution in [-0.2, 0) is 4.74 Å². The lowest BCUT2D eigenvalue weighted by atomic mass is 10.1. The highest BCUT2D eigenvalue weighted by molar-refractivity contribution is 6.32. The molecule has 1 aliphatic heterocycles. The number of anilines is 3. The first-order chi connectivity index (χ1) is 15.9. The number of carbonyl (C=O) groups is 2. The Balaban J connectivity index is 1.50. The Morgan fingerprint density at radius 2 is 1.67 bits per heavy atom. The van der Waals surface area contributed by atoms with Crippen molar-refractivity contribution in [3.63, 3.8) is 0 Å². The van der Waals surface area contributed by atoms with Crippen molar-refractivity contribution in [2.45, 2.75) is 13.8 Å². The Bertz CT molecular complexity index is 1190. The van der Waals surface area contributed by atoms with E-state index in [0.717, 1.165) is 24.3 Å². The Hall–Kier alpha value is -3.35. The van der Waals surface area contributed by atoms with Gasteiger partial charge in [0, 0.05) is 46.3 Å². The van der Waals surface area contributed by atoms with E-state index in [1.54, 1.807) is 37.3 Å². The average molecular weight is 464 g/mol. The van der Waals surface area contributed by atoms with Crippen molar-refractivity contribution in [1.82, 2.24) is 0 Å². The van der Waals surface area contributed by atoms with E-state index in [9.17, 15) is 9.59 Å². The molecule has 4 rings (SSSR count). The molecule has 2 N–H and O–H groups in total. The molecule has 0 spiro atoms. The van der Waals surface area contributed by atoms with Gasteiger partial charge in [-0.05, 0) is 67.4 Å². The van der Waals surface area contributed by atoms with Crippen molar-refractivity contribution in [3.8, 4) is 0 Å². The first-order valence-electron chi connectivity index (χ1n) is 10.8. The molecule has 0 bridgehead atoms. The molecule has 1 aliphatic rings. The number of rotatable bonds is 5. The van der Waals surface area contributed by atoms with E-state index < -0.39 is 0 Å². The smallest absolute Gasteiger partial charge is 0.255 e. The van der Waals surface area contributed by atoms with Crippen molar-refractivity contribution in [2.75, 3.05) is 41.8 Å². The van der Waals surface area contributed by atoms with Gasteiger partial charge in [0.25, 0.3) is 11.8 Å². The van der Waals surface area contributed by atoms with Crippen LogP contribution < -0.4 is 15.5 Å². The predicted octanol–water partition coefficient (Wildman–Crippen LogP) is 5.30. The number of hydrogen-bond acceptors (Lipinski definition) is 4. The maximum atomic E-state index is 12.9. The zero-order valence-corrected chi connectivity index (χ0v) is 19.4. The summed E-state index contributed by atoms with van der Waals surface area (Å²) in [7, 11) is 0. The number of halogens is 1. The Kier molecular flexibility index (Phi) is 6.96. The van der Waals surface area contributed by atoms with E-state index in [1.807, 2.05) is 37.3 Å². The van der Waals surface area contributed by atoms with Crippen molar-refractivity contribution >= 4 is 40.5 Å². The van der Waals surface area contributed by atoms with Gasteiger partial charge in [-0.2, -0.15) is 0 Å². The average Bonchev–Trinajstić information content (AvgIpc) is 2.83. The van der Waals surface area contributed by atoms with Crippen molar-refractivity contribution < 1.29 is 14.3 Å². The summed E-state index contributed by atoms with van der Waals surface area (Å²) in [4.78, 5) is 28.0. The van der Waals surface area contributed by atoms with E-state index in [1.165, 1.54) is 0 Å². The number of ether oxygens (including phenoxy) is 1. The van der Waals surface area contributed by atoms with Crippen LogP contribution in [0.3, 0.4) is 0 Å². The second kappa shape index (κ2) is 10.1. The second-order valence-electron chi connectivity index (χ2n) is 8.00. The van der Waals surface area contributed by atoms with Gasteiger partial charge >= 0.3 is 0 Å². The Labute approximate surface area is 198 Å². The molecule has 1 fully saturated rings. The third-order valence-electron chi connectivity index (χ3n) is 5.74. The van der Waals surface area contributed by atoms with Gasteiger partial charge in [0.05, 0.1) is 13.2 Å². The summed E-state index contributed by atoms with van der Waals surface area (Å²) in [5.41, 5.74) is 4.85. The molecule has 1 heterocycles. The molecule has 0 aromatic heterocycles. The number of benzene rings is 3. The number of amides is 2. The second-order valence-corrected chi connectivity index (χ2v) is 8.41. The SMILES string of the molecule is Cc1ccc(C(=O)Nc2cccc(N3CCOCC3)c2)cc1NC(=O)c1cccc(Cl)c1C. The lowest BCUT2D eigenvalue weighted by Gasteiger charge is -2.29. The highest BCUT2D eigenvalue weighted by Crippen LogP contribution is 2.24. The fourth-order valence-electron chi connectivity index (χ4n) is 3.75.